The van der Waals surface area contributed by atoms with Crippen molar-refractivity contribution < 1.29 is 0 Å². The lowest BCUT2D eigenvalue weighted by atomic mass is 9.98. The summed E-state index contributed by atoms with van der Waals surface area (Å²) in [5.74, 6) is 0. The van der Waals surface area contributed by atoms with Gasteiger partial charge in [-0.2, -0.15) is 0 Å². The Balaban J connectivity index is 2.38. The molecule has 0 saturated heterocycles. The summed E-state index contributed by atoms with van der Waals surface area (Å²) in [7, 11) is 0. The van der Waals surface area contributed by atoms with Gasteiger partial charge >= 0.3 is 0 Å². The lowest BCUT2D eigenvalue weighted by Crippen LogP contribution is -2.22. The van der Waals surface area contributed by atoms with Crippen LogP contribution in [0.15, 0.2) is 29.6 Å². The SMILES string of the molecule is Cc1ccc(CNC(C)C)c(-c2ccsc2C)c1. The molecule has 0 radical (unpaired) electrons. The van der Waals surface area contributed by atoms with Crippen molar-refractivity contribution in [2.75, 3.05) is 0 Å². The Morgan fingerprint density at radius 1 is 1.11 bits per heavy atom. The second-order valence-corrected chi connectivity index (χ2v) is 6.21. The van der Waals surface area contributed by atoms with Gasteiger partial charge in [0.15, 0.2) is 0 Å². The zero-order valence-electron chi connectivity index (χ0n) is 11.6. The van der Waals surface area contributed by atoms with Crippen molar-refractivity contribution in [3.8, 4) is 11.1 Å². The number of hydrogen-bond acceptors (Lipinski definition) is 2. The van der Waals surface area contributed by atoms with Gasteiger partial charge in [0, 0.05) is 17.5 Å². The number of nitrogens with one attached hydrogen (secondary N) is 1. The Bertz CT molecular complexity index is 526. The molecule has 0 spiro atoms. The number of rotatable bonds is 4. The van der Waals surface area contributed by atoms with Gasteiger partial charge in [-0.25, -0.2) is 0 Å². The van der Waals surface area contributed by atoms with Gasteiger partial charge in [-0.1, -0.05) is 37.6 Å². The van der Waals surface area contributed by atoms with Gasteiger partial charge in [-0.3, -0.25) is 0 Å². The van der Waals surface area contributed by atoms with E-state index in [1.54, 1.807) is 0 Å². The molecule has 0 aliphatic rings. The van der Waals surface area contributed by atoms with Crippen LogP contribution in [0.4, 0.5) is 0 Å². The van der Waals surface area contributed by atoms with Crippen LogP contribution in [0, 0.1) is 13.8 Å². The van der Waals surface area contributed by atoms with E-state index in [0.29, 0.717) is 6.04 Å². The van der Waals surface area contributed by atoms with E-state index >= 15 is 0 Å². The van der Waals surface area contributed by atoms with Crippen LogP contribution in [0.1, 0.15) is 29.9 Å². The molecular formula is C16H21NS. The quantitative estimate of drug-likeness (QED) is 0.850. The zero-order valence-corrected chi connectivity index (χ0v) is 12.4. The number of thiophene rings is 1. The van der Waals surface area contributed by atoms with Crippen LogP contribution in [0.3, 0.4) is 0 Å². The lowest BCUT2D eigenvalue weighted by molar-refractivity contribution is 0.589. The van der Waals surface area contributed by atoms with Crippen LogP contribution in [0.5, 0.6) is 0 Å². The van der Waals surface area contributed by atoms with E-state index < -0.39 is 0 Å². The van der Waals surface area contributed by atoms with Crippen LogP contribution in [-0.2, 0) is 6.54 Å². The van der Waals surface area contributed by atoms with E-state index in [2.05, 4.69) is 62.7 Å². The maximum atomic E-state index is 3.51. The van der Waals surface area contributed by atoms with Crippen molar-refractivity contribution in [3.63, 3.8) is 0 Å². The van der Waals surface area contributed by atoms with Crippen LogP contribution in [-0.4, -0.2) is 6.04 Å². The van der Waals surface area contributed by atoms with Crippen LogP contribution >= 0.6 is 11.3 Å². The maximum absolute atomic E-state index is 3.51. The molecule has 0 aliphatic carbocycles. The van der Waals surface area contributed by atoms with Crippen molar-refractivity contribution in [3.05, 3.63) is 45.6 Å². The molecule has 1 heterocycles. The Kier molecular flexibility index (Phi) is 4.20. The minimum Gasteiger partial charge on any atom is -0.310 e. The minimum absolute atomic E-state index is 0.516. The average Bonchev–Trinajstić information content (AvgIpc) is 2.73. The molecule has 2 aromatic rings. The first kappa shape index (κ1) is 13.3. The second kappa shape index (κ2) is 5.68. The van der Waals surface area contributed by atoms with Gasteiger partial charge in [-0.15, -0.1) is 11.3 Å². The fraction of sp³-hybridized carbons (Fsp3) is 0.375. The predicted octanol–water partition coefficient (Wildman–Crippen LogP) is 4.53. The molecule has 0 aliphatic heterocycles. The molecule has 0 fully saturated rings. The highest BCUT2D eigenvalue weighted by Gasteiger charge is 2.09. The second-order valence-electron chi connectivity index (χ2n) is 5.09. The third kappa shape index (κ3) is 3.01. The fourth-order valence-corrected chi connectivity index (χ4v) is 2.79. The van der Waals surface area contributed by atoms with E-state index in [1.165, 1.54) is 27.1 Å². The Hall–Kier alpha value is -1.12. The van der Waals surface area contributed by atoms with Crippen molar-refractivity contribution in [1.29, 1.82) is 0 Å². The molecular weight excluding hydrogens is 238 g/mol. The van der Waals surface area contributed by atoms with E-state index in [4.69, 9.17) is 0 Å². The number of aryl methyl sites for hydroxylation is 2. The summed E-state index contributed by atoms with van der Waals surface area (Å²) in [6.07, 6.45) is 0. The molecule has 18 heavy (non-hydrogen) atoms. The Labute approximate surface area is 114 Å². The van der Waals surface area contributed by atoms with E-state index in [1.807, 2.05) is 11.3 Å². The van der Waals surface area contributed by atoms with Crippen LogP contribution in [0.2, 0.25) is 0 Å². The molecule has 1 nitrogen and oxygen atoms in total. The van der Waals surface area contributed by atoms with E-state index in [9.17, 15) is 0 Å². The molecule has 0 unspecified atom stereocenters. The third-order valence-electron chi connectivity index (χ3n) is 3.12. The van der Waals surface area contributed by atoms with Crippen LogP contribution < -0.4 is 5.32 Å². The first-order chi connectivity index (χ1) is 8.58. The lowest BCUT2D eigenvalue weighted by Gasteiger charge is -2.13. The normalized spacial score (nSPS) is 11.2. The van der Waals surface area contributed by atoms with Crippen molar-refractivity contribution in [2.45, 2.75) is 40.3 Å². The molecule has 1 N–H and O–H groups in total. The largest absolute Gasteiger partial charge is 0.310 e. The highest BCUT2D eigenvalue weighted by atomic mass is 32.1. The van der Waals surface area contributed by atoms with Crippen molar-refractivity contribution >= 4 is 11.3 Å². The van der Waals surface area contributed by atoms with E-state index in [0.717, 1.165) is 6.54 Å². The third-order valence-corrected chi connectivity index (χ3v) is 3.96. The summed E-state index contributed by atoms with van der Waals surface area (Å²) in [5, 5.41) is 5.68. The zero-order chi connectivity index (χ0) is 13.1. The molecule has 0 saturated carbocycles. The molecule has 1 aromatic heterocycles. The van der Waals surface area contributed by atoms with Gasteiger partial charge in [0.1, 0.15) is 0 Å². The average molecular weight is 259 g/mol. The van der Waals surface area contributed by atoms with Gasteiger partial charge in [0.05, 0.1) is 0 Å². The topological polar surface area (TPSA) is 12.0 Å². The first-order valence-corrected chi connectivity index (χ1v) is 7.33. The molecule has 2 rings (SSSR count). The maximum Gasteiger partial charge on any atom is 0.0214 e. The molecule has 2 heteroatoms. The highest BCUT2D eigenvalue weighted by molar-refractivity contribution is 7.10. The summed E-state index contributed by atoms with van der Waals surface area (Å²) >= 11 is 1.82. The van der Waals surface area contributed by atoms with Crippen molar-refractivity contribution in [1.82, 2.24) is 5.32 Å². The molecule has 96 valence electrons. The summed E-state index contributed by atoms with van der Waals surface area (Å²) in [6, 6.07) is 9.49. The summed E-state index contributed by atoms with van der Waals surface area (Å²) < 4.78 is 0. The molecule has 1 aromatic carbocycles. The summed E-state index contributed by atoms with van der Waals surface area (Å²) in [6.45, 7) is 9.66. The summed E-state index contributed by atoms with van der Waals surface area (Å²) in [4.78, 5) is 1.39. The van der Waals surface area contributed by atoms with Gasteiger partial charge in [0.2, 0.25) is 0 Å². The Morgan fingerprint density at radius 3 is 2.50 bits per heavy atom. The smallest absolute Gasteiger partial charge is 0.0214 e. The van der Waals surface area contributed by atoms with Gasteiger partial charge in [-0.05, 0) is 42.0 Å². The molecule has 0 bridgehead atoms. The Morgan fingerprint density at radius 2 is 1.89 bits per heavy atom. The highest BCUT2D eigenvalue weighted by Crippen LogP contribution is 2.31. The molecule has 0 atom stereocenters. The first-order valence-electron chi connectivity index (χ1n) is 6.45. The fourth-order valence-electron chi connectivity index (χ4n) is 2.07. The van der Waals surface area contributed by atoms with Gasteiger partial charge < -0.3 is 5.32 Å². The minimum atomic E-state index is 0.516. The standard InChI is InChI=1S/C16H21NS/c1-11(2)17-10-14-6-5-12(3)9-16(14)15-7-8-18-13(15)4/h5-9,11,17H,10H2,1-4H3. The predicted molar refractivity (Wildman–Crippen MR) is 81.2 cm³/mol. The summed E-state index contributed by atoms with van der Waals surface area (Å²) in [5.41, 5.74) is 5.46. The monoisotopic (exact) mass is 259 g/mol. The van der Waals surface area contributed by atoms with Crippen LogP contribution in [0.25, 0.3) is 11.1 Å². The van der Waals surface area contributed by atoms with Gasteiger partial charge in [0.25, 0.3) is 0 Å². The van der Waals surface area contributed by atoms with E-state index in [-0.39, 0.29) is 0 Å². The number of hydrogen-bond donors (Lipinski definition) is 1. The number of benzene rings is 1. The van der Waals surface area contributed by atoms with Crippen molar-refractivity contribution in [2.24, 2.45) is 0 Å². The molecule has 0 amide bonds.